The van der Waals surface area contributed by atoms with E-state index in [0.29, 0.717) is 17.4 Å². The smallest absolute Gasteiger partial charge is 0.268 e. The number of rotatable bonds is 35. The molecule has 0 bridgehead atoms. The number of likely N-dealkylation sites (N-methyl/N-ethyl adjacent to an activating group) is 1. The summed E-state index contributed by atoms with van der Waals surface area (Å²) in [5.41, 5.74) is 0. The number of hydrogen-bond donors (Lipinski definition) is 2. The molecule has 0 aliphatic carbocycles. The summed E-state index contributed by atoms with van der Waals surface area (Å²) in [5.74, 6) is -0.217. The number of carbonyl (C=O) groups is 1. The standard InChI is InChI=1S/C40H77N2O6P/c1-6-8-10-12-14-16-17-18-19-20-21-22-23-24-26-27-29-31-33-39(43)38(37-48-49(45,46)47-36-35-42(3,4)5)41-40(44)34-32-30-28-25-15-13-11-9-7-2/h20-21,24,26,31,33,38-39,43H,6-19,22-23,25,27-30,32,34-37H2,1-5H3,(H-,41,44,45,46)/b21-20+,26-24+,33-31+. The molecule has 0 spiro atoms. The lowest BCUT2D eigenvalue weighted by Crippen LogP contribution is -2.45. The van der Waals surface area contributed by atoms with Gasteiger partial charge in [0.25, 0.3) is 7.82 Å². The van der Waals surface area contributed by atoms with E-state index in [-0.39, 0.29) is 12.5 Å². The zero-order chi connectivity index (χ0) is 36.5. The van der Waals surface area contributed by atoms with Crippen LogP contribution in [0.3, 0.4) is 0 Å². The van der Waals surface area contributed by atoms with Gasteiger partial charge in [0.2, 0.25) is 5.91 Å². The number of allylic oxidation sites excluding steroid dienone is 5. The van der Waals surface area contributed by atoms with Gasteiger partial charge in [0.1, 0.15) is 13.2 Å². The summed E-state index contributed by atoms with van der Waals surface area (Å²) in [5, 5.41) is 13.7. The van der Waals surface area contributed by atoms with Gasteiger partial charge in [0.15, 0.2) is 0 Å². The summed E-state index contributed by atoms with van der Waals surface area (Å²) in [6.45, 7) is 4.57. The Morgan fingerprint density at radius 3 is 1.65 bits per heavy atom. The second-order valence-electron chi connectivity index (χ2n) is 14.6. The SMILES string of the molecule is CCCCCCCCCC/C=C/CC/C=C/CC/C=C/C(O)C(COP(=O)([O-])OCC[N+](C)(C)C)NC(=O)CCCCCCCCCCC. The van der Waals surface area contributed by atoms with Crippen LogP contribution >= 0.6 is 7.82 Å². The molecule has 0 aliphatic rings. The van der Waals surface area contributed by atoms with Gasteiger partial charge >= 0.3 is 0 Å². The molecule has 1 amide bonds. The first-order valence-electron chi connectivity index (χ1n) is 19.9. The van der Waals surface area contributed by atoms with E-state index < -0.39 is 26.6 Å². The molecule has 0 saturated heterocycles. The molecule has 3 unspecified atom stereocenters. The van der Waals surface area contributed by atoms with Gasteiger partial charge in [-0.15, -0.1) is 0 Å². The number of amides is 1. The highest BCUT2D eigenvalue weighted by Gasteiger charge is 2.23. The molecule has 2 N–H and O–H groups in total. The van der Waals surface area contributed by atoms with Gasteiger partial charge in [-0.2, -0.15) is 0 Å². The highest BCUT2D eigenvalue weighted by molar-refractivity contribution is 7.45. The van der Waals surface area contributed by atoms with Crippen molar-refractivity contribution in [3.05, 3.63) is 36.5 Å². The molecule has 0 aromatic heterocycles. The number of quaternary nitrogens is 1. The Balaban J connectivity index is 4.55. The van der Waals surface area contributed by atoms with E-state index in [2.05, 4.69) is 43.5 Å². The molecule has 0 aromatic carbocycles. The molecule has 3 atom stereocenters. The number of hydrogen-bond acceptors (Lipinski definition) is 6. The van der Waals surface area contributed by atoms with Crippen LogP contribution in [0, 0.1) is 0 Å². The first-order chi connectivity index (χ1) is 23.5. The van der Waals surface area contributed by atoms with Crippen molar-refractivity contribution in [3.63, 3.8) is 0 Å². The van der Waals surface area contributed by atoms with Crippen LogP contribution in [0.15, 0.2) is 36.5 Å². The van der Waals surface area contributed by atoms with Gasteiger partial charge in [-0.25, -0.2) is 0 Å². The zero-order valence-electron chi connectivity index (χ0n) is 32.4. The lowest BCUT2D eigenvalue weighted by molar-refractivity contribution is -0.870. The average Bonchev–Trinajstić information content (AvgIpc) is 3.04. The molecule has 0 radical (unpaired) electrons. The highest BCUT2D eigenvalue weighted by atomic mass is 31.2. The van der Waals surface area contributed by atoms with Gasteiger partial charge in [-0.05, 0) is 44.9 Å². The average molecular weight is 713 g/mol. The fraction of sp³-hybridized carbons (Fsp3) is 0.825. The third-order valence-electron chi connectivity index (χ3n) is 8.58. The predicted molar refractivity (Wildman–Crippen MR) is 205 cm³/mol. The third-order valence-corrected chi connectivity index (χ3v) is 9.54. The van der Waals surface area contributed by atoms with E-state index in [0.717, 1.165) is 44.9 Å². The van der Waals surface area contributed by atoms with Crippen molar-refractivity contribution in [3.8, 4) is 0 Å². The minimum Gasteiger partial charge on any atom is -0.756 e. The minimum atomic E-state index is -4.59. The number of aliphatic hydroxyl groups is 1. The Kier molecular flexibility index (Phi) is 31.8. The molecule has 0 heterocycles. The second kappa shape index (κ2) is 32.6. The van der Waals surface area contributed by atoms with Gasteiger partial charge in [-0.1, -0.05) is 147 Å². The Labute approximate surface area is 302 Å². The fourth-order valence-electron chi connectivity index (χ4n) is 5.36. The maximum Gasteiger partial charge on any atom is 0.268 e. The van der Waals surface area contributed by atoms with Crippen molar-refractivity contribution in [2.45, 2.75) is 174 Å². The van der Waals surface area contributed by atoms with Crippen molar-refractivity contribution in [1.29, 1.82) is 0 Å². The summed E-state index contributed by atoms with van der Waals surface area (Å²) in [6.07, 6.45) is 37.7. The molecule has 288 valence electrons. The van der Waals surface area contributed by atoms with Crippen LogP contribution in [0.2, 0.25) is 0 Å². The van der Waals surface area contributed by atoms with Gasteiger partial charge in [0.05, 0.1) is 39.9 Å². The lowest BCUT2D eigenvalue weighted by atomic mass is 10.1. The highest BCUT2D eigenvalue weighted by Crippen LogP contribution is 2.38. The summed E-state index contributed by atoms with van der Waals surface area (Å²) in [4.78, 5) is 25.1. The maximum absolute atomic E-state index is 12.7. The number of carbonyl (C=O) groups excluding carboxylic acids is 1. The zero-order valence-corrected chi connectivity index (χ0v) is 33.3. The monoisotopic (exact) mass is 713 g/mol. The number of nitrogens with one attached hydrogen (secondary N) is 1. The summed E-state index contributed by atoms with van der Waals surface area (Å²) in [7, 11) is 1.23. The molecule has 0 saturated carbocycles. The van der Waals surface area contributed by atoms with Crippen LogP contribution in [0.4, 0.5) is 0 Å². The normalized spacial score (nSPS) is 15.0. The van der Waals surface area contributed by atoms with Crippen LogP contribution in [0.1, 0.15) is 162 Å². The number of phosphoric ester groups is 1. The van der Waals surface area contributed by atoms with E-state index in [1.807, 2.05) is 27.2 Å². The Morgan fingerprint density at radius 2 is 1.14 bits per heavy atom. The van der Waals surface area contributed by atoms with E-state index in [9.17, 15) is 19.4 Å². The number of aliphatic hydroxyl groups excluding tert-OH is 1. The molecule has 0 rings (SSSR count). The Bertz CT molecular complexity index is 902. The quantitative estimate of drug-likeness (QED) is 0.0293. The molecule has 49 heavy (non-hydrogen) atoms. The van der Waals surface area contributed by atoms with Crippen molar-refractivity contribution in [1.82, 2.24) is 5.32 Å². The summed E-state index contributed by atoms with van der Waals surface area (Å²) in [6, 6.07) is -0.903. The first-order valence-corrected chi connectivity index (χ1v) is 21.3. The van der Waals surface area contributed by atoms with Crippen molar-refractivity contribution in [2.24, 2.45) is 0 Å². The topological polar surface area (TPSA) is 108 Å². The van der Waals surface area contributed by atoms with Crippen LogP contribution in [-0.4, -0.2) is 68.5 Å². The van der Waals surface area contributed by atoms with Crippen molar-refractivity contribution < 1.29 is 32.9 Å². The van der Waals surface area contributed by atoms with Crippen molar-refractivity contribution >= 4 is 13.7 Å². The first kappa shape index (κ1) is 47.7. The molecule has 0 aliphatic heterocycles. The molecule has 0 aromatic rings. The van der Waals surface area contributed by atoms with Crippen LogP contribution in [0.25, 0.3) is 0 Å². The molecular formula is C40H77N2O6P. The third kappa shape index (κ3) is 34.9. The molecule has 9 heteroatoms. The van der Waals surface area contributed by atoms with E-state index in [1.165, 1.54) is 96.3 Å². The van der Waals surface area contributed by atoms with Gasteiger partial charge < -0.3 is 28.8 Å². The number of unbranched alkanes of at least 4 members (excludes halogenated alkanes) is 18. The Hall–Kier alpha value is -1.28. The fourth-order valence-corrected chi connectivity index (χ4v) is 6.08. The second-order valence-corrected chi connectivity index (χ2v) is 16.0. The molecule has 0 fully saturated rings. The van der Waals surface area contributed by atoms with Crippen LogP contribution < -0.4 is 10.2 Å². The minimum absolute atomic E-state index is 0.00845. The predicted octanol–water partition coefficient (Wildman–Crippen LogP) is 9.72. The van der Waals surface area contributed by atoms with Gasteiger partial charge in [-0.3, -0.25) is 9.36 Å². The van der Waals surface area contributed by atoms with E-state index in [4.69, 9.17) is 9.05 Å². The van der Waals surface area contributed by atoms with Crippen LogP contribution in [0.5, 0.6) is 0 Å². The van der Waals surface area contributed by atoms with Crippen LogP contribution in [-0.2, 0) is 18.4 Å². The Morgan fingerprint density at radius 1 is 0.694 bits per heavy atom. The number of nitrogens with zero attached hydrogens (tertiary/aromatic N) is 1. The summed E-state index contributed by atoms with van der Waals surface area (Å²) < 4.78 is 23.0. The molecular weight excluding hydrogens is 635 g/mol. The van der Waals surface area contributed by atoms with E-state index >= 15 is 0 Å². The maximum atomic E-state index is 12.7. The summed E-state index contributed by atoms with van der Waals surface area (Å²) >= 11 is 0. The molecule has 8 nitrogen and oxygen atoms in total. The largest absolute Gasteiger partial charge is 0.756 e. The van der Waals surface area contributed by atoms with E-state index in [1.54, 1.807) is 6.08 Å². The number of phosphoric acid groups is 1. The lowest BCUT2D eigenvalue weighted by Gasteiger charge is -2.29. The van der Waals surface area contributed by atoms with Gasteiger partial charge in [0, 0.05) is 6.42 Å². The van der Waals surface area contributed by atoms with Crippen molar-refractivity contribution in [2.75, 3.05) is 40.9 Å².